The van der Waals surface area contributed by atoms with Gasteiger partial charge < -0.3 is 24.8 Å². The number of ether oxygens (including phenoxy) is 2. The molecule has 0 fully saturated rings. The second-order valence-electron chi connectivity index (χ2n) is 5.38. The number of methoxy groups -OCH3 is 1. The van der Waals surface area contributed by atoms with Crippen molar-refractivity contribution < 1.29 is 24.2 Å². The molecule has 1 aromatic rings. The lowest BCUT2D eigenvalue weighted by Gasteiger charge is -2.33. The number of nitrogens with one attached hydrogen (secondary N) is 1. The number of urea groups is 1. The molecule has 2 N–H and O–H groups in total. The van der Waals surface area contributed by atoms with Crippen LogP contribution in [0.4, 0.5) is 4.79 Å². The fourth-order valence-corrected chi connectivity index (χ4v) is 2.70. The molecule has 1 heterocycles. The van der Waals surface area contributed by atoms with Crippen LogP contribution in [0.15, 0.2) is 36.1 Å². The SMILES string of the molecule is C=CCOC(=O)C1=C(C)N(C)C(=O)N[C@@H]1c1cc(Cl)c(O)c(OC)c1. The molecule has 0 saturated carbocycles. The number of rotatable bonds is 5. The van der Waals surface area contributed by atoms with Crippen molar-refractivity contribution in [3.63, 3.8) is 0 Å². The lowest BCUT2D eigenvalue weighted by Crippen LogP contribution is -2.46. The van der Waals surface area contributed by atoms with E-state index in [-0.39, 0.29) is 34.7 Å². The highest BCUT2D eigenvalue weighted by Gasteiger charge is 2.35. The van der Waals surface area contributed by atoms with Gasteiger partial charge in [0.2, 0.25) is 0 Å². The molecule has 1 aromatic carbocycles. The number of carbonyl (C=O) groups is 2. The third kappa shape index (κ3) is 3.56. The third-order valence-electron chi connectivity index (χ3n) is 3.91. The standard InChI is InChI=1S/C17H19ClN2O5/c1-5-6-25-16(22)13-9(2)20(3)17(23)19-14(13)10-7-11(18)15(21)12(8-10)24-4/h5,7-8,14,21H,1,6H2,2-4H3,(H,19,23)/t14-/m1/s1. The second-order valence-corrected chi connectivity index (χ2v) is 5.79. The van der Waals surface area contributed by atoms with E-state index in [1.807, 2.05) is 0 Å². The maximum absolute atomic E-state index is 12.5. The Hall–Kier alpha value is -2.67. The molecule has 2 rings (SSSR count). The van der Waals surface area contributed by atoms with Crippen molar-refractivity contribution in [1.29, 1.82) is 0 Å². The monoisotopic (exact) mass is 366 g/mol. The third-order valence-corrected chi connectivity index (χ3v) is 4.20. The molecule has 7 nitrogen and oxygen atoms in total. The molecule has 0 unspecified atom stereocenters. The summed E-state index contributed by atoms with van der Waals surface area (Å²) in [5.74, 6) is -0.673. The Morgan fingerprint density at radius 2 is 2.20 bits per heavy atom. The highest BCUT2D eigenvalue weighted by atomic mass is 35.5. The van der Waals surface area contributed by atoms with Crippen LogP contribution >= 0.6 is 11.6 Å². The van der Waals surface area contributed by atoms with E-state index in [9.17, 15) is 14.7 Å². The molecule has 25 heavy (non-hydrogen) atoms. The van der Waals surface area contributed by atoms with E-state index in [4.69, 9.17) is 21.1 Å². The molecule has 0 aliphatic carbocycles. The molecule has 1 atom stereocenters. The summed E-state index contributed by atoms with van der Waals surface area (Å²) in [5.41, 5.74) is 1.18. The van der Waals surface area contributed by atoms with Gasteiger partial charge in [-0.05, 0) is 24.6 Å². The molecule has 0 spiro atoms. The van der Waals surface area contributed by atoms with Gasteiger partial charge in [-0.2, -0.15) is 0 Å². The van der Waals surface area contributed by atoms with Crippen LogP contribution in [0.2, 0.25) is 5.02 Å². The number of hydrogen-bond donors (Lipinski definition) is 2. The Balaban J connectivity index is 2.56. The van der Waals surface area contributed by atoms with Gasteiger partial charge in [0.05, 0.1) is 23.7 Å². The predicted molar refractivity (Wildman–Crippen MR) is 92.6 cm³/mol. The lowest BCUT2D eigenvalue weighted by atomic mass is 9.94. The van der Waals surface area contributed by atoms with Gasteiger partial charge in [0.15, 0.2) is 11.5 Å². The van der Waals surface area contributed by atoms with Gasteiger partial charge in [-0.3, -0.25) is 0 Å². The molecule has 1 aliphatic heterocycles. The Morgan fingerprint density at radius 1 is 1.52 bits per heavy atom. The number of allylic oxidation sites excluding steroid dienone is 1. The number of phenols is 1. The smallest absolute Gasteiger partial charge is 0.338 e. The molecular formula is C17H19ClN2O5. The van der Waals surface area contributed by atoms with Crippen LogP contribution in [-0.4, -0.2) is 42.8 Å². The minimum atomic E-state index is -0.798. The maximum atomic E-state index is 12.5. The van der Waals surface area contributed by atoms with Crippen LogP contribution in [-0.2, 0) is 9.53 Å². The van der Waals surface area contributed by atoms with Gasteiger partial charge >= 0.3 is 12.0 Å². The summed E-state index contributed by atoms with van der Waals surface area (Å²) in [5, 5.41) is 12.7. The van der Waals surface area contributed by atoms with E-state index in [2.05, 4.69) is 11.9 Å². The second kappa shape index (κ2) is 7.48. The largest absolute Gasteiger partial charge is 0.503 e. The average molecular weight is 367 g/mol. The summed E-state index contributed by atoms with van der Waals surface area (Å²) in [6, 6.07) is 1.79. The molecular weight excluding hydrogens is 348 g/mol. The normalized spacial score (nSPS) is 17.2. The Labute approximate surface area is 150 Å². The number of halogens is 1. The molecule has 2 amide bonds. The average Bonchev–Trinajstić information content (AvgIpc) is 2.59. The van der Waals surface area contributed by atoms with Crippen molar-refractivity contribution in [3.05, 3.63) is 46.6 Å². The Bertz CT molecular complexity index is 760. The first kappa shape index (κ1) is 18.7. The maximum Gasteiger partial charge on any atom is 0.338 e. The summed E-state index contributed by atoms with van der Waals surface area (Å²) in [6.07, 6.45) is 1.45. The fraction of sp³-hybridized carbons (Fsp3) is 0.294. The van der Waals surface area contributed by atoms with Crippen molar-refractivity contribution in [2.24, 2.45) is 0 Å². The van der Waals surface area contributed by atoms with E-state index in [1.54, 1.807) is 14.0 Å². The van der Waals surface area contributed by atoms with Crippen LogP contribution in [0.3, 0.4) is 0 Å². The number of hydrogen-bond acceptors (Lipinski definition) is 5. The molecule has 0 bridgehead atoms. The van der Waals surface area contributed by atoms with Gasteiger partial charge in [-0.1, -0.05) is 24.3 Å². The molecule has 0 saturated heterocycles. The van der Waals surface area contributed by atoms with Crippen molar-refractivity contribution in [2.75, 3.05) is 20.8 Å². The summed E-state index contributed by atoms with van der Waals surface area (Å²) < 4.78 is 10.2. The topological polar surface area (TPSA) is 88.1 Å². The molecule has 0 radical (unpaired) electrons. The molecule has 8 heteroatoms. The first-order valence-corrected chi connectivity index (χ1v) is 7.79. The number of amides is 2. The van der Waals surface area contributed by atoms with Crippen molar-refractivity contribution >= 4 is 23.6 Å². The first-order chi connectivity index (χ1) is 11.8. The number of carbonyl (C=O) groups excluding carboxylic acids is 2. The van der Waals surface area contributed by atoms with Gasteiger partial charge in [0, 0.05) is 12.7 Å². The summed E-state index contributed by atoms with van der Waals surface area (Å²) >= 11 is 6.03. The lowest BCUT2D eigenvalue weighted by molar-refractivity contribution is -0.138. The number of phenolic OH excluding ortho intramolecular Hbond substituents is 1. The van der Waals surface area contributed by atoms with Crippen LogP contribution in [0, 0.1) is 0 Å². The van der Waals surface area contributed by atoms with Crippen molar-refractivity contribution in [3.8, 4) is 11.5 Å². The molecule has 0 aromatic heterocycles. The number of benzene rings is 1. The van der Waals surface area contributed by atoms with Gasteiger partial charge in [0.25, 0.3) is 0 Å². The molecule has 134 valence electrons. The van der Waals surface area contributed by atoms with E-state index >= 15 is 0 Å². The zero-order valence-electron chi connectivity index (χ0n) is 14.1. The van der Waals surface area contributed by atoms with Gasteiger partial charge in [-0.15, -0.1) is 0 Å². The van der Waals surface area contributed by atoms with Gasteiger partial charge in [-0.25, -0.2) is 9.59 Å². The van der Waals surface area contributed by atoms with E-state index < -0.39 is 12.0 Å². The highest BCUT2D eigenvalue weighted by molar-refractivity contribution is 6.32. The highest BCUT2D eigenvalue weighted by Crippen LogP contribution is 2.39. The zero-order chi connectivity index (χ0) is 18.7. The number of aromatic hydroxyl groups is 1. The fourth-order valence-electron chi connectivity index (χ4n) is 2.48. The Morgan fingerprint density at radius 3 is 2.80 bits per heavy atom. The summed E-state index contributed by atoms with van der Waals surface area (Å²) in [6.45, 7) is 5.20. The van der Waals surface area contributed by atoms with E-state index in [0.717, 1.165) is 0 Å². The van der Waals surface area contributed by atoms with E-state index in [1.165, 1.54) is 30.2 Å². The first-order valence-electron chi connectivity index (χ1n) is 7.41. The summed E-state index contributed by atoms with van der Waals surface area (Å²) in [7, 11) is 2.93. The minimum absolute atomic E-state index is 0.0407. The Kier molecular flexibility index (Phi) is 5.58. The van der Waals surface area contributed by atoms with Crippen LogP contribution < -0.4 is 10.1 Å². The van der Waals surface area contributed by atoms with Crippen LogP contribution in [0.5, 0.6) is 11.5 Å². The summed E-state index contributed by atoms with van der Waals surface area (Å²) in [4.78, 5) is 26.0. The number of nitrogens with zero attached hydrogens (tertiary/aromatic N) is 1. The van der Waals surface area contributed by atoms with Crippen LogP contribution in [0.25, 0.3) is 0 Å². The minimum Gasteiger partial charge on any atom is -0.503 e. The predicted octanol–water partition coefficient (Wildman–Crippen LogP) is 2.75. The van der Waals surface area contributed by atoms with Gasteiger partial charge in [0.1, 0.15) is 6.61 Å². The number of esters is 1. The van der Waals surface area contributed by atoms with E-state index in [0.29, 0.717) is 11.3 Å². The van der Waals surface area contributed by atoms with Crippen molar-refractivity contribution in [1.82, 2.24) is 10.2 Å². The van der Waals surface area contributed by atoms with Crippen molar-refractivity contribution in [2.45, 2.75) is 13.0 Å². The molecule has 1 aliphatic rings. The van der Waals surface area contributed by atoms with Crippen LogP contribution in [0.1, 0.15) is 18.5 Å². The quantitative estimate of drug-likeness (QED) is 0.618. The zero-order valence-corrected chi connectivity index (χ0v) is 14.9.